The highest BCUT2D eigenvalue weighted by Gasteiger charge is 2.19. The summed E-state index contributed by atoms with van der Waals surface area (Å²) in [6, 6.07) is 0. The number of ether oxygens (including phenoxy) is 1. The number of carbonyl (C=O) groups excluding carboxylic acids is 1. The van der Waals surface area contributed by atoms with Crippen molar-refractivity contribution in [2.45, 2.75) is 44.1 Å². The molecule has 0 radical (unpaired) electrons. The molecule has 1 aromatic heterocycles. The molecular weight excluding hydrogens is 330 g/mol. The monoisotopic (exact) mass is 355 g/mol. The number of carbonyl (C=O) groups is 1. The second kappa shape index (κ2) is 9.01. The molecule has 0 spiro atoms. The van der Waals surface area contributed by atoms with Crippen molar-refractivity contribution in [3.63, 3.8) is 0 Å². The number of piperidine rings is 1. The lowest BCUT2D eigenvalue weighted by Crippen LogP contribution is -2.26. The zero-order chi connectivity index (χ0) is 15.9. The first-order valence-electron chi connectivity index (χ1n) is 8.47. The maximum atomic E-state index is 12.0. The van der Waals surface area contributed by atoms with Crippen LogP contribution in [0.25, 0.3) is 0 Å². The summed E-state index contributed by atoms with van der Waals surface area (Å²) in [6.45, 7) is 3.02. The number of rotatable bonds is 6. The Morgan fingerprint density at radius 1 is 1.39 bits per heavy atom. The molecule has 2 saturated heterocycles. The third-order valence-electron chi connectivity index (χ3n) is 4.32. The van der Waals surface area contributed by atoms with Crippen LogP contribution < -0.4 is 10.6 Å². The highest BCUT2D eigenvalue weighted by atomic mass is 32.2. The Balaban J connectivity index is 1.38. The molecule has 2 N–H and O–H groups in total. The molecule has 1 aromatic rings. The average Bonchev–Trinajstić information content (AvgIpc) is 3.05. The van der Waals surface area contributed by atoms with E-state index in [1.807, 2.05) is 6.20 Å². The lowest BCUT2D eigenvalue weighted by molar-refractivity contribution is -0.113. The molecule has 3 heterocycles. The van der Waals surface area contributed by atoms with Gasteiger partial charge in [-0.2, -0.15) is 0 Å². The summed E-state index contributed by atoms with van der Waals surface area (Å²) in [5.74, 6) is 2.02. The van der Waals surface area contributed by atoms with E-state index in [9.17, 15) is 4.79 Å². The van der Waals surface area contributed by atoms with E-state index in [4.69, 9.17) is 4.74 Å². The summed E-state index contributed by atoms with van der Waals surface area (Å²) in [5.41, 5.74) is 0. The van der Waals surface area contributed by atoms with E-state index in [2.05, 4.69) is 15.6 Å². The number of thioether (sulfide) groups is 1. The van der Waals surface area contributed by atoms with Crippen molar-refractivity contribution < 1.29 is 9.53 Å². The van der Waals surface area contributed by atoms with E-state index in [1.54, 1.807) is 23.1 Å². The predicted molar refractivity (Wildman–Crippen MR) is 96.5 cm³/mol. The smallest absolute Gasteiger partial charge is 0.236 e. The fourth-order valence-corrected chi connectivity index (χ4v) is 4.92. The second-order valence-corrected chi connectivity index (χ2v) is 8.24. The number of hydrogen-bond acceptors (Lipinski definition) is 6. The number of hydrogen-bond donors (Lipinski definition) is 2. The van der Waals surface area contributed by atoms with Crippen LogP contribution in [-0.2, 0) is 9.53 Å². The molecule has 0 aliphatic carbocycles. The molecule has 0 aromatic carbocycles. The first kappa shape index (κ1) is 17.2. The van der Waals surface area contributed by atoms with Crippen molar-refractivity contribution >= 4 is 34.1 Å². The van der Waals surface area contributed by atoms with Crippen LogP contribution in [0.4, 0.5) is 5.13 Å². The molecule has 2 fully saturated rings. The number of nitrogens with zero attached hydrogens (tertiary/aromatic N) is 1. The number of nitrogens with one attached hydrogen (secondary N) is 2. The Kier molecular flexibility index (Phi) is 6.74. The van der Waals surface area contributed by atoms with Crippen molar-refractivity contribution in [2.24, 2.45) is 0 Å². The Labute approximate surface area is 146 Å². The standard InChI is InChI=1S/C16H25N3O2S2/c20-15(11-22-10-13-3-1-2-8-21-13)19-16-18-9-14(23-16)12-4-6-17-7-5-12/h9,12-13,17H,1-8,10-11H2,(H,18,19,20). The fourth-order valence-electron chi connectivity index (χ4n) is 3.02. The van der Waals surface area contributed by atoms with Gasteiger partial charge < -0.3 is 15.4 Å². The van der Waals surface area contributed by atoms with Gasteiger partial charge in [-0.05, 0) is 51.1 Å². The molecule has 1 atom stereocenters. The Morgan fingerprint density at radius 3 is 3.04 bits per heavy atom. The van der Waals surface area contributed by atoms with Crippen molar-refractivity contribution in [3.8, 4) is 0 Å². The first-order chi connectivity index (χ1) is 11.3. The van der Waals surface area contributed by atoms with Gasteiger partial charge in [0.15, 0.2) is 5.13 Å². The van der Waals surface area contributed by atoms with Crippen molar-refractivity contribution in [1.82, 2.24) is 10.3 Å². The molecule has 128 valence electrons. The minimum atomic E-state index is 0.0389. The van der Waals surface area contributed by atoms with Gasteiger partial charge in [-0.1, -0.05) is 0 Å². The van der Waals surface area contributed by atoms with Gasteiger partial charge >= 0.3 is 0 Å². The third-order valence-corrected chi connectivity index (χ3v) is 6.47. The fraction of sp³-hybridized carbons (Fsp3) is 0.750. The van der Waals surface area contributed by atoms with Crippen LogP contribution in [0.15, 0.2) is 6.20 Å². The molecule has 0 saturated carbocycles. The Bertz CT molecular complexity index is 497. The lowest BCUT2D eigenvalue weighted by atomic mass is 9.97. The van der Waals surface area contributed by atoms with Crippen LogP contribution in [0.3, 0.4) is 0 Å². The summed E-state index contributed by atoms with van der Waals surface area (Å²) in [4.78, 5) is 17.7. The largest absolute Gasteiger partial charge is 0.377 e. The molecule has 3 rings (SSSR count). The topological polar surface area (TPSA) is 63.2 Å². The van der Waals surface area contributed by atoms with Gasteiger partial charge in [0, 0.05) is 23.4 Å². The van der Waals surface area contributed by atoms with Gasteiger partial charge in [0.25, 0.3) is 0 Å². The number of amides is 1. The number of thiazole rings is 1. The van der Waals surface area contributed by atoms with E-state index < -0.39 is 0 Å². The van der Waals surface area contributed by atoms with Gasteiger partial charge in [-0.15, -0.1) is 23.1 Å². The maximum Gasteiger partial charge on any atom is 0.236 e. The zero-order valence-electron chi connectivity index (χ0n) is 13.4. The Morgan fingerprint density at radius 2 is 2.26 bits per heavy atom. The molecule has 7 heteroatoms. The van der Waals surface area contributed by atoms with Crippen molar-refractivity contribution in [2.75, 3.05) is 36.5 Å². The minimum absolute atomic E-state index is 0.0389. The van der Waals surface area contributed by atoms with E-state index in [1.165, 1.54) is 17.7 Å². The molecule has 5 nitrogen and oxygen atoms in total. The second-order valence-electron chi connectivity index (χ2n) is 6.14. The maximum absolute atomic E-state index is 12.0. The highest BCUT2D eigenvalue weighted by Crippen LogP contribution is 2.31. The van der Waals surface area contributed by atoms with Gasteiger partial charge in [0.2, 0.25) is 5.91 Å². The van der Waals surface area contributed by atoms with E-state index in [-0.39, 0.29) is 5.91 Å². The summed E-state index contributed by atoms with van der Waals surface area (Å²) in [5, 5.41) is 7.04. The van der Waals surface area contributed by atoms with E-state index >= 15 is 0 Å². The number of aromatic nitrogens is 1. The highest BCUT2D eigenvalue weighted by molar-refractivity contribution is 8.00. The van der Waals surface area contributed by atoms with Crippen LogP contribution >= 0.6 is 23.1 Å². The minimum Gasteiger partial charge on any atom is -0.377 e. The quantitative estimate of drug-likeness (QED) is 0.821. The van der Waals surface area contributed by atoms with E-state index in [0.717, 1.165) is 49.8 Å². The number of anilines is 1. The molecule has 0 bridgehead atoms. The van der Waals surface area contributed by atoms with Gasteiger partial charge in [-0.25, -0.2) is 4.98 Å². The third kappa shape index (κ3) is 5.45. The van der Waals surface area contributed by atoms with Crippen LogP contribution in [0.5, 0.6) is 0 Å². The first-order valence-corrected chi connectivity index (χ1v) is 10.4. The van der Waals surface area contributed by atoms with Crippen molar-refractivity contribution in [1.29, 1.82) is 0 Å². The Hall–Kier alpha value is -0.630. The van der Waals surface area contributed by atoms with Crippen LogP contribution in [0.1, 0.15) is 42.9 Å². The SMILES string of the molecule is O=C(CSCC1CCCCO1)Nc1ncc(C2CCNCC2)s1. The van der Waals surface area contributed by atoms with Crippen LogP contribution in [0, 0.1) is 0 Å². The molecule has 1 amide bonds. The van der Waals surface area contributed by atoms with Gasteiger partial charge in [-0.3, -0.25) is 4.79 Å². The zero-order valence-corrected chi connectivity index (χ0v) is 15.0. The van der Waals surface area contributed by atoms with Gasteiger partial charge in [0.1, 0.15) is 0 Å². The average molecular weight is 356 g/mol. The van der Waals surface area contributed by atoms with Crippen LogP contribution in [-0.4, -0.2) is 48.2 Å². The molecular formula is C16H25N3O2S2. The lowest BCUT2D eigenvalue weighted by Gasteiger charge is -2.21. The predicted octanol–water partition coefficient (Wildman–Crippen LogP) is 2.85. The molecule has 1 unspecified atom stereocenters. The summed E-state index contributed by atoms with van der Waals surface area (Å²) in [7, 11) is 0. The summed E-state index contributed by atoms with van der Waals surface area (Å²) >= 11 is 3.28. The normalized spacial score (nSPS) is 22.9. The summed E-state index contributed by atoms with van der Waals surface area (Å²) in [6.07, 6.45) is 8.12. The van der Waals surface area contributed by atoms with Crippen LogP contribution in [0.2, 0.25) is 0 Å². The molecule has 23 heavy (non-hydrogen) atoms. The molecule has 2 aliphatic rings. The summed E-state index contributed by atoms with van der Waals surface area (Å²) < 4.78 is 5.68. The van der Waals surface area contributed by atoms with Gasteiger partial charge in [0.05, 0.1) is 11.9 Å². The molecule has 2 aliphatic heterocycles. The van der Waals surface area contributed by atoms with Crippen molar-refractivity contribution in [3.05, 3.63) is 11.1 Å². The van der Waals surface area contributed by atoms with E-state index in [0.29, 0.717) is 17.8 Å².